The quantitative estimate of drug-likeness (QED) is 0.634. The molecule has 0 bridgehead atoms. The summed E-state index contributed by atoms with van der Waals surface area (Å²) in [5.41, 5.74) is 0. The van der Waals surface area contributed by atoms with Crippen LogP contribution in [0.3, 0.4) is 0 Å². The molecule has 2 saturated heterocycles. The molecule has 0 aromatic carbocycles. The summed E-state index contributed by atoms with van der Waals surface area (Å²) in [5.74, 6) is 0. The summed E-state index contributed by atoms with van der Waals surface area (Å²) in [6.07, 6.45) is 11.8. The second-order valence-electron chi connectivity index (χ2n) is 6.41. The number of nitrogens with one attached hydrogen (secondary N) is 3. The van der Waals surface area contributed by atoms with E-state index in [4.69, 9.17) is 0 Å². The fourth-order valence-corrected chi connectivity index (χ4v) is 3.37. The van der Waals surface area contributed by atoms with Crippen molar-refractivity contribution in [2.24, 2.45) is 0 Å². The highest BCUT2D eigenvalue weighted by Crippen LogP contribution is 2.15. The standard InChI is InChI=1S/C16H34N4/c1-15-18-11-7-3-2-6-10-17-12-14-20-13-8-4-5-9-16(20)19-15/h15-19H,2-14H2,1H3. The van der Waals surface area contributed by atoms with Crippen LogP contribution in [0.2, 0.25) is 0 Å². The van der Waals surface area contributed by atoms with Crippen molar-refractivity contribution in [3.05, 3.63) is 0 Å². The highest BCUT2D eigenvalue weighted by Gasteiger charge is 2.21. The van der Waals surface area contributed by atoms with Crippen molar-refractivity contribution in [1.82, 2.24) is 20.9 Å². The third-order valence-corrected chi connectivity index (χ3v) is 4.61. The van der Waals surface area contributed by atoms with Gasteiger partial charge in [-0.05, 0) is 52.2 Å². The van der Waals surface area contributed by atoms with Gasteiger partial charge in [-0.1, -0.05) is 25.7 Å². The fraction of sp³-hybridized carbons (Fsp3) is 1.00. The molecule has 0 aromatic rings. The predicted molar refractivity (Wildman–Crippen MR) is 85.8 cm³/mol. The molecule has 2 atom stereocenters. The van der Waals surface area contributed by atoms with Gasteiger partial charge in [-0.3, -0.25) is 10.2 Å². The lowest BCUT2D eigenvalue weighted by Gasteiger charge is -2.33. The summed E-state index contributed by atoms with van der Waals surface area (Å²) in [6, 6.07) is 0. The maximum absolute atomic E-state index is 3.80. The molecular formula is C16H34N4. The van der Waals surface area contributed by atoms with Crippen molar-refractivity contribution in [2.75, 3.05) is 32.7 Å². The minimum absolute atomic E-state index is 0.427. The van der Waals surface area contributed by atoms with Crippen LogP contribution in [0.5, 0.6) is 0 Å². The Balaban J connectivity index is 1.87. The SMILES string of the molecule is CC1NCCCCCCNCCN2CCCCCC2N1. The van der Waals surface area contributed by atoms with Gasteiger partial charge in [-0.25, -0.2) is 0 Å². The molecule has 0 radical (unpaired) electrons. The van der Waals surface area contributed by atoms with Crippen LogP contribution in [-0.4, -0.2) is 50.0 Å². The van der Waals surface area contributed by atoms with E-state index in [2.05, 4.69) is 27.8 Å². The maximum Gasteiger partial charge on any atom is 0.0609 e. The topological polar surface area (TPSA) is 39.3 Å². The monoisotopic (exact) mass is 282 g/mol. The largest absolute Gasteiger partial charge is 0.315 e. The smallest absolute Gasteiger partial charge is 0.0609 e. The van der Waals surface area contributed by atoms with Crippen molar-refractivity contribution in [3.8, 4) is 0 Å². The maximum atomic E-state index is 3.80. The molecule has 2 aliphatic rings. The first-order valence-corrected chi connectivity index (χ1v) is 8.80. The summed E-state index contributed by atoms with van der Waals surface area (Å²) in [7, 11) is 0. The van der Waals surface area contributed by atoms with E-state index in [1.54, 1.807) is 0 Å². The van der Waals surface area contributed by atoms with E-state index in [9.17, 15) is 0 Å². The molecule has 0 amide bonds. The summed E-state index contributed by atoms with van der Waals surface area (Å²) >= 11 is 0. The Morgan fingerprint density at radius 3 is 2.50 bits per heavy atom. The van der Waals surface area contributed by atoms with E-state index in [-0.39, 0.29) is 0 Å². The molecule has 20 heavy (non-hydrogen) atoms. The Morgan fingerprint density at radius 2 is 1.60 bits per heavy atom. The number of hydrogen-bond acceptors (Lipinski definition) is 4. The lowest BCUT2D eigenvalue weighted by molar-refractivity contribution is 0.150. The molecule has 4 nitrogen and oxygen atoms in total. The van der Waals surface area contributed by atoms with Gasteiger partial charge in [0, 0.05) is 13.1 Å². The molecule has 2 aliphatic heterocycles. The van der Waals surface area contributed by atoms with Crippen molar-refractivity contribution >= 4 is 0 Å². The minimum atomic E-state index is 0.427. The van der Waals surface area contributed by atoms with Crippen LogP contribution < -0.4 is 16.0 Å². The van der Waals surface area contributed by atoms with E-state index in [0.717, 1.165) is 13.1 Å². The molecule has 0 saturated carbocycles. The van der Waals surface area contributed by atoms with E-state index in [1.807, 2.05) is 0 Å². The van der Waals surface area contributed by atoms with Crippen LogP contribution in [0.1, 0.15) is 58.3 Å². The Morgan fingerprint density at radius 1 is 0.800 bits per heavy atom. The summed E-state index contributed by atoms with van der Waals surface area (Å²) < 4.78 is 0. The normalized spacial score (nSPS) is 32.9. The van der Waals surface area contributed by atoms with E-state index in [0.29, 0.717) is 12.3 Å². The van der Waals surface area contributed by atoms with Gasteiger partial charge in [0.2, 0.25) is 0 Å². The van der Waals surface area contributed by atoms with E-state index in [1.165, 1.54) is 71.0 Å². The van der Waals surface area contributed by atoms with E-state index < -0.39 is 0 Å². The zero-order valence-electron chi connectivity index (χ0n) is 13.3. The lowest BCUT2D eigenvalue weighted by atomic mass is 10.2. The zero-order valence-corrected chi connectivity index (χ0v) is 13.3. The van der Waals surface area contributed by atoms with Crippen LogP contribution in [-0.2, 0) is 0 Å². The van der Waals surface area contributed by atoms with E-state index >= 15 is 0 Å². The molecule has 2 rings (SSSR count). The summed E-state index contributed by atoms with van der Waals surface area (Å²) in [4.78, 5) is 2.66. The van der Waals surface area contributed by atoms with Gasteiger partial charge in [0.1, 0.15) is 0 Å². The molecule has 0 spiro atoms. The molecule has 4 heteroatoms. The van der Waals surface area contributed by atoms with Gasteiger partial charge < -0.3 is 10.6 Å². The first kappa shape index (κ1) is 16.2. The van der Waals surface area contributed by atoms with Crippen molar-refractivity contribution in [2.45, 2.75) is 70.6 Å². The van der Waals surface area contributed by atoms with Crippen molar-refractivity contribution in [1.29, 1.82) is 0 Å². The van der Waals surface area contributed by atoms with Gasteiger partial charge in [-0.15, -0.1) is 0 Å². The molecule has 3 N–H and O–H groups in total. The van der Waals surface area contributed by atoms with Gasteiger partial charge in [-0.2, -0.15) is 0 Å². The van der Waals surface area contributed by atoms with Crippen LogP contribution in [0.25, 0.3) is 0 Å². The molecule has 0 aromatic heterocycles. The van der Waals surface area contributed by atoms with Gasteiger partial charge in [0.05, 0.1) is 12.3 Å². The number of nitrogens with zero attached hydrogens (tertiary/aromatic N) is 1. The third-order valence-electron chi connectivity index (χ3n) is 4.61. The van der Waals surface area contributed by atoms with Crippen LogP contribution in [0, 0.1) is 0 Å². The Kier molecular flexibility index (Phi) is 7.88. The van der Waals surface area contributed by atoms with Gasteiger partial charge in [0.15, 0.2) is 0 Å². The number of rotatable bonds is 0. The first-order valence-electron chi connectivity index (χ1n) is 8.80. The highest BCUT2D eigenvalue weighted by molar-refractivity contribution is 4.76. The average molecular weight is 282 g/mol. The predicted octanol–water partition coefficient (Wildman–Crippen LogP) is 1.88. The minimum Gasteiger partial charge on any atom is -0.315 e. The number of fused-ring (bicyclic) bond motifs is 1. The average Bonchev–Trinajstić information content (AvgIpc) is 2.66. The summed E-state index contributed by atoms with van der Waals surface area (Å²) in [6.45, 7) is 8.19. The summed E-state index contributed by atoms with van der Waals surface area (Å²) in [5, 5.41) is 11.1. The molecule has 2 heterocycles. The second-order valence-corrected chi connectivity index (χ2v) is 6.41. The molecule has 0 aliphatic carbocycles. The fourth-order valence-electron chi connectivity index (χ4n) is 3.37. The van der Waals surface area contributed by atoms with Crippen LogP contribution in [0.15, 0.2) is 0 Å². The Labute approximate surface area is 125 Å². The third kappa shape index (κ3) is 6.08. The van der Waals surface area contributed by atoms with Gasteiger partial charge >= 0.3 is 0 Å². The molecular weight excluding hydrogens is 248 g/mol. The Bertz CT molecular complexity index is 247. The van der Waals surface area contributed by atoms with Gasteiger partial charge in [0.25, 0.3) is 0 Å². The van der Waals surface area contributed by atoms with Crippen LogP contribution >= 0.6 is 0 Å². The Hall–Kier alpha value is -0.160. The van der Waals surface area contributed by atoms with Crippen molar-refractivity contribution < 1.29 is 0 Å². The molecule has 2 unspecified atom stereocenters. The van der Waals surface area contributed by atoms with Crippen molar-refractivity contribution in [3.63, 3.8) is 0 Å². The zero-order chi connectivity index (χ0) is 14.0. The van der Waals surface area contributed by atoms with Crippen LogP contribution in [0.4, 0.5) is 0 Å². The molecule has 118 valence electrons. The second kappa shape index (κ2) is 9.72. The highest BCUT2D eigenvalue weighted by atomic mass is 15.3. The first-order chi connectivity index (χ1) is 9.86. The molecule has 2 fully saturated rings. The lowest BCUT2D eigenvalue weighted by Crippen LogP contribution is -2.54. The number of hydrogen-bond donors (Lipinski definition) is 3.